The number of amides is 3. The van der Waals surface area contributed by atoms with Gasteiger partial charge in [-0.1, -0.05) is 19.9 Å². The monoisotopic (exact) mass is 334 g/mol. The van der Waals surface area contributed by atoms with E-state index >= 15 is 0 Å². The fourth-order valence-electron chi connectivity index (χ4n) is 2.16. The molecule has 0 saturated carbocycles. The maximum absolute atomic E-state index is 12.5. The Balaban J connectivity index is 2.67. The van der Waals surface area contributed by atoms with Gasteiger partial charge in [0.05, 0.1) is 0 Å². The molecule has 4 N–H and O–H groups in total. The van der Waals surface area contributed by atoms with Gasteiger partial charge in [0.2, 0.25) is 0 Å². The number of hydrogen-bond acceptors (Lipinski definition) is 3. The zero-order valence-corrected chi connectivity index (χ0v) is 15.3. The summed E-state index contributed by atoms with van der Waals surface area (Å²) in [6.07, 6.45) is 0.759. The van der Waals surface area contributed by atoms with Crippen LogP contribution < -0.4 is 16.4 Å². The first-order chi connectivity index (χ1) is 11.2. The number of nitrogens with two attached hydrogens (primary N) is 1. The van der Waals surface area contributed by atoms with Gasteiger partial charge >= 0.3 is 6.03 Å². The molecule has 0 aliphatic carbocycles. The first-order valence-electron chi connectivity index (χ1n) is 8.39. The molecular formula is C18H30N4O2. The summed E-state index contributed by atoms with van der Waals surface area (Å²) in [5.41, 5.74) is 7.16. The number of anilines is 1. The van der Waals surface area contributed by atoms with Gasteiger partial charge in [-0.25, -0.2) is 4.79 Å². The van der Waals surface area contributed by atoms with Crippen molar-refractivity contribution in [2.24, 2.45) is 11.7 Å². The van der Waals surface area contributed by atoms with E-state index in [0.29, 0.717) is 23.7 Å². The molecule has 134 valence electrons. The van der Waals surface area contributed by atoms with Gasteiger partial charge in [0, 0.05) is 36.9 Å². The smallest absolute Gasteiger partial charge is 0.319 e. The molecule has 0 saturated heterocycles. The molecule has 0 bridgehead atoms. The van der Waals surface area contributed by atoms with E-state index in [4.69, 9.17) is 5.73 Å². The van der Waals surface area contributed by atoms with Crippen LogP contribution >= 0.6 is 0 Å². The van der Waals surface area contributed by atoms with Gasteiger partial charge in [-0.3, -0.25) is 4.79 Å². The fourth-order valence-corrected chi connectivity index (χ4v) is 2.16. The highest BCUT2D eigenvalue weighted by molar-refractivity contribution is 5.96. The molecule has 24 heavy (non-hydrogen) atoms. The Morgan fingerprint density at radius 2 is 1.88 bits per heavy atom. The molecule has 0 heterocycles. The Morgan fingerprint density at radius 3 is 2.46 bits per heavy atom. The third-order valence-electron chi connectivity index (χ3n) is 3.79. The maximum Gasteiger partial charge on any atom is 0.319 e. The number of hydrogen-bond donors (Lipinski definition) is 3. The highest BCUT2D eigenvalue weighted by Crippen LogP contribution is 2.13. The van der Waals surface area contributed by atoms with E-state index in [1.54, 1.807) is 36.2 Å². The van der Waals surface area contributed by atoms with E-state index in [0.717, 1.165) is 6.42 Å². The summed E-state index contributed by atoms with van der Waals surface area (Å²) in [4.78, 5) is 25.9. The van der Waals surface area contributed by atoms with E-state index in [1.807, 2.05) is 13.8 Å². The lowest BCUT2D eigenvalue weighted by Gasteiger charge is -2.22. The molecule has 1 rings (SSSR count). The van der Waals surface area contributed by atoms with E-state index in [9.17, 15) is 9.59 Å². The molecule has 1 atom stereocenters. The number of carbonyl (C=O) groups is 2. The van der Waals surface area contributed by atoms with Crippen LogP contribution in [0.3, 0.4) is 0 Å². The molecule has 6 nitrogen and oxygen atoms in total. The Bertz CT molecular complexity index is 558. The zero-order chi connectivity index (χ0) is 18.3. The SMILES string of the molecule is CC(C)NC(=O)Nc1cccc(C(=O)N(C)CCC(N)C(C)C)c1. The standard InChI is InChI=1S/C18H30N4O2/c1-12(2)16(19)9-10-22(5)17(23)14-7-6-8-15(11-14)21-18(24)20-13(3)4/h6-8,11-13,16H,9-10,19H2,1-5H3,(H2,20,21,24). The summed E-state index contributed by atoms with van der Waals surface area (Å²) in [5, 5.41) is 5.48. The lowest BCUT2D eigenvalue weighted by atomic mass is 10.0. The number of benzene rings is 1. The minimum Gasteiger partial charge on any atom is -0.342 e. The topological polar surface area (TPSA) is 87.5 Å². The number of urea groups is 1. The largest absolute Gasteiger partial charge is 0.342 e. The van der Waals surface area contributed by atoms with Crippen LogP contribution in [0.5, 0.6) is 0 Å². The number of nitrogens with one attached hydrogen (secondary N) is 2. The minimum absolute atomic E-state index is 0.0473. The van der Waals surface area contributed by atoms with E-state index in [1.165, 1.54) is 0 Å². The maximum atomic E-state index is 12.5. The predicted molar refractivity (Wildman–Crippen MR) is 98.1 cm³/mol. The fraction of sp³-hybridized carbons (Fsp3) is 0.556. The molecule has 0 aliphatic heterocycles. The Hall–Kier alpha value is -2.08. The van der Waals surface area contributed by atoms with Crippen molar-refractivity contribution >= 4 is 17.6 Å². The Morgan fingerprint density at radius 1 is 1.21 bits per heavy atom. The van der Waals surface area contributed by atoms with Crippen molar-refractivity contribution in [1.29, 1.82) is 0 Å². The summed E-state index contributed by atoms with van der Waals surface area (Å²) in [6.45, 7) is 8.52. The van der Waals surface area contributed by atoms with Crippen LogP contribution in [0.1, 0.15) is 44.5 Å². The second-order valence-electron chi connectivity index (χ2n) is 6.76. The van der Waals surface area contributed by atoms with Crippen LogP contribution in [0.25, 0.3) is 0 Å². The van der Waals surface area contributed by atoms with Crippen molar-refractivity contribution in [3.8, 4) is 0 Å². The van der Waals surface area contributed by atoms with Crippen molar-refractivity contribution in [2.45, 2.75) is 46.2 Å². The second kappa shape index (κ2) is 9.27. The molecule has 0 fully saturated rings. The van der Waals surface area contributed by atoms with Gasteiger partial charge in [0.15, 0.2) is 0 Å². The lowest BCUT2D eigenvalue weighted by molar-refractivity contribution is 0.0789. The molecule has 0 radical (unpaired) electrons. The van der Waals surface area contributed by atoms with Crippen molar-refractivity contribution in [1.82, 2.24) is 10.2 Å². The molecule has 1 aromatic carbocycles. The average Bonchev–Trinajstić information content (AvgIpc) is 2.50. The van der Waals surface area contributed by atoms with Crippen molar-refractivity contribution in [3.05, 3.63) is 29.8 Å². The minimum atomic E-state index is -0.286. The summed E-state index contributed by atoms with van der Waals surface area (Å²) in [6, 6.07) is 6.77. The van der Waals surface area contributed by atoms with Crippen molar-refractivity contribution in [2.75, 3.05) is 18.9 Å². The third kappa shape index (κ3) is 6.58. The quantitative estimate of drug-likeness (QED) is 0.716. The van der Waals surface area contributed by atoms with Crippen LogP contribution in [0.2, 0.25) is 0 Å². The molecule has 0 aromatic heterocycles. The van der Waals surface area contributed by atoms with Crippen LogP contribution in [0.4, 0.5) is 10.5 Å². The highest BCUT2D eigenvalue weighted by atomic mass is 16.2. The Kier molecular flexibility index (Phi) is 7.71. The summed E-state index contributed by atoms with van der Waals surface area (Å²) >= 11 is 0. The van der Waals surface area contributed by atoms with Gasteiger partial charge in [0.25, 0.3) is 5.91 Å². The van der Waals surface area contributed by atoms with Gasteiger partial charge < -0.3 is 21.3 Å². The average molecular weight is 334 g/mol. The summed E-state index contributed by atoms with van der Waals surface area (Å²) in [5.74, 6) is 0.305. The van der Waals surface area contributed by atoms with Gasteiger partial charge in [0.1, 0.15) is 0 Å². The third-order valence-corrected chi connectivity index (χ3v) is 3.79. The van der Waals surface area contributed by atoms with Gasteiger partial charge in [-0.2, -0.15) is 0 Å². The molecular weight excluding hydrogens is 304 g/mol. The zero-order valence-electron chi connectivity index (χ0n) is 15.3. The molecule has 3 amide bonds. The molecule has 0 aliphatic rings. The lowest BCUT2D eigenvalue weighted by Crippen LogP contribution is -2.35. The van der Waals surface area contributed by atoms with Crippen LogP contribution in [0, 0.1) is 5.92 Å². The number of rotatable bonds is 7. The van der Waals surface area contributed by atoms with E-state index in [2.05, 4.69) is 24.5 Å². The molecule has 1 aromatic rings. The van der Waals surface area contributed by atoms with Crippen LogP contribution in [-0.4, -0.2) is 42.5 Å². The summed E-state index contributed by atoms with van der Waals surface area (Å²) in [7, 11) is 1.76. The van der Waals surface area contributed by atoms with Gasteiger partial charge in [-0.05, 0) is 44.4 Å². The molecule has 6 heteroatoms. The summed E-state index contributed by atoms with van der Waals surface area (Å²) < 4.78 is 0. The number of carbonyl (C=O) groups excluding carboxylic acids is 2. The normalized spacial score (nSPS) is 12.2. The Labute approximate surface area is 144 Å². The van der Waals surface area contributed by atoms with E-state index in [-0.39, 0.29) is 24.0 Å². The van der Waals surface area contributed by atoms with Crippen molar-refractivity contribution in [3.63, 3.8) is 0 Å². The highest BCUT2D eigenvalue weighted by Gasteiger charge is 2.15. The van der Waals surface area contributed by atoms with Gasteiger partial charge in [-0.15, -0.1) is 0 Å². The van der Waals surface area contributed by atoms with E-state index < -0.39 is 0 Å². The van der Waals surface area contributed by atoms with Crippen LogP contribution in [0.15, 0.2) is 24.3 Å². The first kappa shape index (κ1) is 20.0. The second-order valence-corrected chi connectivity index (χ2v) is 6.76. The van der Waals surface area contributed by atoms with Crippen LogP contribution in [-0.2, 0) is 0 Å². The molecule has 1 unspecified atom stereocenters. The first-order valence-corrected chi connectivity index (χ1v) is 8.39. The predicted octanol–water partition coefficient (Wildman–Crippen LogP) is 2.66. The molecule has 0 spiro atoms. The number of nitrogens with zero attached hydrogens (tertiary/aromatic N) is 1. The van der Waals surface area contributed by atoms with Crippen molar-refractivity contribution < 1.29 is 9.59 Å².